The highest BCUT2D eigenvalue weighted by Crippen LogP contribution is 2.48. The maximum absolute atomic E-state index is 12.2. The molecule has 120 valence electrons. The maximum Gasteiger partial charge on any atom is 0.361 e. The van der Waals surface area contributed by atoms with Crippen molar-refractivity contribution in [2.75, 3.05) is 24.6 Å². The highest BCUT2D eigenvalue weighted by Gasteiger charge is 2.43. The minimum absolute atomic E-state index is 0.164. The van der Waals surface area contributed by atoms with Crippen LogP contribution in [0.3, 0.4) is 0 Å². The summed E-state index contributed by atoms with van der Waals surface area (Å²) in [4.78, 5) is 30.3. The normalized spacial score (nSPS) is 19.3. The number of esters is 1. The number of aromatic nitrogens is 2. The van der Waals surface area contributed by atoms with E-state index in [-0.39, 0.29) is 12.3 Å². The van der Waals surface area contributed by atoms with Gasteiger partial charge in [0, 0.05) is 20.1 Å². The van der Waals surface area contributed by atoms with Gasteiger partial charge in [0.15, 0.2) is 5.69 Å². The summed E-state index contributed by atoms with van der Waals surface area (Å²) in [5.74, 6) is -0.992. The van der Waals surface area contributed by atoms with Crippen molar-refractivity contribution in [3.63, 3.8) is 0 Å². The van der Waals surface area contributed by atoms with Crippen molar-refractivity contribution in [2.24, 2.45) is 12.5 Å². The third kappa shape index (κ3) is 2.24. The van der Waals surface area contributed by atoms with Crippen molar-refractivity contribution in [1.29, 1.82) is 0 Å². The second-order valence-electron chi connectivity index (χ2n) is 6.22. The predicted molar refractivity (Wildman–Crippen MR) is 80.2 cm³/mol. The molecule has 7 heteroatoms. The van der Waals surface area contributed by atoms with Crippen LogP contribution in [0, 0.1) is 5.41 Å². The van der Waals surface area contributed by atoms with Crippen molar-refractivity contribution in [1.82, 2.24) is 9.55 Å². The number of carbonyl (C=O) groups excluding carboxylic acids is 1. The van der Waals surface area contributed by atoms with Gasteiger partial charge in [-0.2, -0.15) is 0 Å². The predicted octanol–water partition coefficient (Wildman–Crippen LogP) is 1.04. The fourth-order valence-electron chi connectivity index (χ4n) is 3.39. The SMILES string of the molecule is CCOC(=O)c1nc(N2CCC3(CCC3)C2)n(C)c(=O)c1O. The number of anilines is 1. The number of carbonyl (C=O) groups is 1. The molecule has 1 aliphatic heterocycles. The Morgan fingerprint density at radius 2 is 2.14 bits per heavy atom. The molecule has 3 rings (SSSR count). The number of nitrogens with zero attached hydrogens (tertiary/aromatic N) is 3. The van der Waals surface area contributed by atoms with Crippen molar-refractivity contribution in [3.05, 3.63) is 16.0 Å². The van der Waals surface area contributed by atoms with Crippen LogP contribution in [-0.2, 0) is 11.8 Å². The molecule has 2 fully saturated rings. The van der Waals surface area contributed by atoms with Gasteiger partial charge in [-0.1, -0.05) is 6.42 Å². The number of rotatable bonds is 3. The third-order valence-electron chi connectivity index (χ3n) is 4.85. The van der Waals surface area contributed by atoms with Crippen LogP contribution in [0.1, 0.15) is 43.1 Å². The summed E-state index contributed by atoms with van der Waals surface area (Å²) in [5.41, 5.74) is -0.572. The number of hydrogen-bond donors (Lipinski definition) is 1. The zero-order valence-corrected chi connectivity index (χ0v) is 13.0. The minimum atomic E-state index is -0.767. The van der Waals surface area contributed by atoms with Crippen LogP contribution in [0.5, 0.6) is 5.75 Å². The molecule has 0 amide bonds. The van der Waals surface area contributed by atoms with Crippen LogP contribution in [-0.4, -0.2) is 40.3 Å². The molecule has 1 saturated heterocycles. The molecule has 1 saturated carbocycles. The Kier molecular flexibility index (Phi) is 3.58. The standard InChI is InChI=1S/C15H21N3O4/c1-3-22-13(21)10-11(19)12(20)17(2)14(16-10)18-8-7-15(9-18)5-4-6-15/h19H,3-9H2,1-2H3. The molecule has 22 heavy (non-hydrogen) atoms. The van der Waals surface area contributed by atoms with E-state index in [2.05, 4.69) is 4.98 Å². The zero-order valence-electron chi connectivity index (χ0n) is 13.0. The van der Waals surface area contributed by atoms with E-state index >= 15 is 0 Å². The summed E-state index contributed by atoms with van der Waals surface area (Å²) in [5, 5.41) is 9.89. The second-order valence-corrected chi connectivity index (χ2v) is 6.22. The summed E-state index contributed by atoms with van der Waals surface area (Å²) in [7, 11) is 1.56. The summed E-state index contributed by atoms with van der Waals surface area (Å²) in [6.45, 7) is 3.49. The highest BCUT2D eigenvalue weighted by atomic mass is 16.5. The van der Waals surface area contributed by atoms with Crippen LogP contribution in [0.25, 0.3) is 0 Å². The van der Waals surface area contributed by atoms with Gasteiger partial charge in [-0.15, -0.1) is 0 Å². The van der Waals surface area contributed by atoms with Gasteiger partial charge in [0.2, 0.25) is 11.7 Å². The first-order valence-corrected chi connectivity index (χ1v) is 7.69. The first-order valence-electron chi connectivity index (χ1n) is 7.69. The molecule has 1 spiro atoms. The third-order valence-corrected chi connectivity index (χ3v) is 4.85. The van der Waals surface area contributed by atoms with E-state index in [0.29, 0.717) is 11.4 Å². The van der Waals surface area contributed by atoms with Crippen molar-refractivity contribution < 1.29 is 14.6 Å². The lowest BCUT2D eigenvalue weighted by Gasteiger charge is -2.38. The summed E-state index contributed by atoms with van der Waals surface area (Å²) < 4.78 is 6.17. The molecule has 7 nitrogen and oxygen atoms in total. The molecule has 0 radical (unpaired) electrons. The molecule has 2 heterocycles. The Balaban J connectivity index is 1.97. The average Bonchev–Trinajstić information content (AvgIpc) is 2.91. The Morgan fingerprint density at radius 1 is 1.41 bits per heavy atom. The maximum atomic E-state index is 12.2. The lowest BCUT2D eigenvalue weighted by Crippen LogP contribution is -2.36. The Labute approximate surface area is 128 Å². The monoisotopic (exact) mass is 307 g/mol. The first kappa shape index (κ1) is 14.9. The van der Waals surface area contributed by atoms with E-state index < -0.39 is 17.3 Å². The topological polar surface area (TPSA) is 84.7 Å². The molecule has 2 aliphatic rings. The fourth-order valence-corrected chi connectivity index (χ4v) is 3.39. The smallest absolute Gasteiger partial charge is 0.361 e. The van der Waals surface area contributed by atoms with Crippen LogP contribution in [0.15, 0.2) is 4.79 Å². The summed E-state index contributed by atoms with van der Waals surface area (Å²) >= 11 is 0. The quantitative estimate of drug-likeness (QED) is 0.840. The molecular weight excluding hydrogens is 286 g/mol. The van der Waals surface area contributed by atoms with Crippen LogP contribution < -0.4 is 10.5 Å². The van der Waals surface area contributed by atoms with Gasteiger partial charge in [-0.05, 0) is 31.6 Å². The van der Waals surface area contributed by atoms with Gasteiger partial charge in [0.05, 0.1) is 6.61 Å². The van der Waals surface area contributed by atoms with Gasteiger partial charge in [0.25, 0.3) is 5.56 Å². The first-order chi connectivity index (χ1) is 10.5. The van der Waals surface area contributed by atoms with Gasteiger partial charge in [-0.25, -0.2) is 9.78 Å². The van der Waals surface area contributed by atoms with Crippen molar-refractivity contribution >= 4 is 11.9 Å². The molecule has 1 aromatic heterocycles. The lowest BCUT2D eigenvalue weighted by atomic mass is 9.68. The lowest BCUT2D eigenvalue weighted by molar-refractivity contribution is 0.0515. The second kappa shape index (κ2) is 5.30. The number of aromatic hydroxyl groups is 1. The van der Waals surface area contributed by atoms with Crippen LogP contribution >= 0.6 is 0 Å². The van der Waals surface area contributed by atoms with Gasteiger partial charge < -0.3 is 14.7 Å². The Hall–Kier alpha value is -2.05. The molecule has 1 N–H and O–H groups in total. The molecule has 1 aromatic rings. The van der Waals surface area contributed by atoms with Gasteiger partial charge in [-0.3, -0.25) is 9.36 Å². The molecular formula is C15H21N3O4. The van der Waals surface area contributed by atoms with E-state index in [9.17, 15) is 14.7 Å². The Morgan fingerprint density at radius 3 is 2.68 bits per heavy atom. The van der Waals surface area contributed by atoms with E-state index in [0.717, 1.165) is 19.5 Å². The molecule has 0 atom stereocenters. The van der Waals surface area contributed by atoms with Crippen molar-refractivity contribution in [2.45, 2.75) is 32.6 Å². The molecule has 0 unspecified atom stereocenters. The largest absolute Gasteiger partial charge is 0.501 e. The number of ether oxygens (including phenoxy) is 1. The van der Waals surface area contributed by atoms with Crippen LogP contribution in [0.2, 0.25) is 0 Å². The molecule has 0 aromatic carbocycles. The summed E-state index contributed by atoms with van der Waals surface area (Å²) in [6, 6.07) is 0. The fraction of sp³-hybridized carbons (Fsp3) is 0.667. The van der Waals surface area contributed by atoms with E-state index in [4.69, 9.17) is 4.74 Å². The molecule has 1 aliphatic carbocycles. The molecule has 0 bridgehead atoms. The van der Waals surface area contributed by atoms with Crippen LogP contribution in [0.4, 0.5) is 5.95 Å². The highest BCUT2D eigenvalue weighted by molar-refractivity contribution is 5.90. The average molecular weight is 307 g/mol. The number of hydrogen-bond acceptors (Lipinski definition) is 6. The van der Waals surface area contributed by atoms with E-state index in [1.54, 1.807) is 14.0 Å². The van der Waals surface area contributed by atoms with E-state index in [1.807, 2.05) is 4.90 Å². The Bertz CT molecular complexity index is 663. The van der Waals surface area contributed by atoms with Crippen molar-refractivity contribution in [3.8, 4) is 5.75 Å². The summed E-state index contributed by atoms with van der Waals surface area (Å²) in [6.07, 6.45) is 4.75. The van der Waals surface area contributed by atoms with Gasteiger partial charge in [0.1, 0.15) is 0 Å². The van der Waals surface area contributed by atoms with E-state index in [1.165, 1.54) is 23.8 Å². The minimum Gasteiger partial charge on any atom is -0.501 e. The van der Waals surface area contributed by atoms with Gasteiger partial charge >= 0.3 is 5.97 Å². The zero-order chi connectivity index (χ0) is 15.9.